The molecule has 1 aromatic carbocycles. The smallest absolute Gasteiger partial charge is 0.314 e. The monoisotopic (exact) mass is 219 g/mol. The molecule has 1 aliphatic heterocycles. The molecule has 86 valence electrons. The first-order chi connectivity index (χ1) is 7.65. The van der Waals surface area contributed by atoms with Crippen molar-refractivity contribution in [3.05, 3.63) is 35.4 Å². The molecule has 4 nitrogen and oxygen atoms in total. The summed E-state index contributed by atoms with van der Waals surface area (Å²) in [7, 11) is 0. The number of carbonyl (C=O) groups is 1. The number of hydrogen-bond donors (Lipinski definition) is 3. The third-order valence-corrected chi connectivity index (χ3v) is 3.17. The van der Waals surface area contributed by atoms with E-state index in [-0.39, 0.29) is 11.4 Å². The fourth-order valence-electron chi connectivity index (χ4n) is 2.15. The fourth-order valence-corrected chi connectivity index (χ4v) is 2.15. The van der Waals surface area contributed by atoms with Crippen LogP contribution in [0.25, 0.3) is 0 Å². The molecule has 0 saturated carbocycles. The zero-order chi connectivity index (χ0) is 11.6. The Bertz CT molecular complexity index is 393. The largest absolute Gasteiger partial charge is 0.337 e. The van der Waals surface area contributed by atoms with Crippen molar-refractivity contribution in [1.82, 2.24) is 10.6 Å². The van der Waals surface area contributed by atoms with Crippen LogP contribution >= 0.6 is 0 Å². The highest BCUT2D eigenvalue weighted by atomic mass is 16.2. The van der Waals surface area contributed by atoms with Gasteiger partial charge < -0.3 is 16.4 Å². The summed E-state index contributed by atoms with van der Waals surface area (Å²) in [5, 5.41) is 5.66. The van der Waals surface area contributed by atoms with Gasteiger partial charge in [-0.3, -0.25) is 0 Å². The van der Waals surface area contributed by atoms with Gasteiger partial charge in [-0.05, 0) is 11.1 Å². The standard InChI is InChI=1S/C12H17N3O/c1-12(7-14-11(16)15-8-12)10-5-3-2-4-9(10)6-13/h2-5H,6-8,13H2,1H3,(H2,14,15,16). The van der Waals surface area contributed by atoms with E-state index in [1.807, 2.05) is 18.2 Å². The predicted octanol–water partition coefficient (Wildman–Crippen LogP) is 0.716. The van der Waals surface area contributed by atoms with Crippen LogP contribution in [0, 0.1) is 0 Å². The molecule has 4 N–H and O–H groups in total. The Balaban J connectivity index is 2.32. The third-order valence-electron chi connectivity index (χ3n) is 3.17. The summed E-state index contributed by atoms with van der Waals surface area (Å²) in [5.74, 6) is 0. The molecule has 0 bridgehead atoms. The summed E-state index contributed by atoms with van der Waals surface area (Å²) in [5.41, 5.74) is 8.01. The second-order valence-electron chi connectivity index (χ2n) is 4.46. The first-order valence-electron chi connectivity index (χ1n) is 5.46. The normalized spacial score (nSPS) is 18.8. The van der Waals surface area contributed by atoms with Gasteiger partial charge in [0.25, 0.3) is 0 Å². The Labute approximate surface area is 95.2 Å². The minimum absolute atomic E-state index is 0.0795. The van der Waals surface area contributed by atoms with E-state index in [9.17, 15) is 4.79 Å². The molecular weight excluding hydrogens is 202 g/mol. The van der Waals surface area contributed by atoms with Crippen LogP contribution < -0.4 is 16.4 Å². The maximum absolute atomic E-state index is 11.1. The maximum atomic E-state index is 11.1. The highest BCUT2D eigenvalue weighted by Crippen LogP contribution is 2.27. The molecule has 0 atom stereocenters. The number of urea groups is 1. The average Bonchev–Trinajstić information content (AvgIpc) is 2.33. The first kappa shape index (κ1) is 11.0. The van der Waals surface area contributed by atoms with Crippen LogP contribution in [0.1, 0.15) is 18.1 Å². The molecule has 0 unspecified atom stereocenters. The molecule has 0 radical (unpaired) electrons. The summed E-state index contributed by atoms with van der Waals surface area (Å²) >= 11 is 0. The lowest BCUT2D eigenvalue weighted by Crippen LogP contribution is -2.56. The van der Waals surface area contributed by atoms with Crippen molar-refractivity contribution >= 4 is 6.03 Å². The number of nitrogens with two attached hydrogens (primary N) is 1. The van der Waals surface area contributed by atoms with E-state index in [4.69, 9.17) is 5.73 Å². The second-order valence-corrected chi connectivity index (χ2v) is 4.46. The molecule has 0 aliphatic carbocycles. The van der Waals surface area contributed by atoms with Gasteiger partial charge in [0.15, 0.2) is 0 Å². The van der Waals surface area contributed by atoms with Crippen molar-refractivity contribution in [3.63, 3.8) is 0 Å². The van der Waals surface area contributed by atoms with Crippen LogP contribution in [-0.2, 0) is 12.0 Å². The van der Waals surface area contributed by atoms with Gasteiger partial charge in [0.2, 0.25) is 0 Å². The second kappa shape index (κ2) is 4.14. The van der Waals surface area contributed by atoms with Gasteiger partial charge in [0.1, 0.15) is 0 Å². The molecule has 1 heterocycles. The van der Waals surface area contributed by atoms with E-state index in [0.29, 0.717) is 19.6 Å². The summed E-state index contributed by atoms with van der Waals surface area (Å²) < 4.78 is 0. The molecule has 2 amide bonds. The van der Waals surface area contributed by atoms with Crippen LogP contribution in [-0.4, -0.2) is 19.1 Å². The number of benzene rings is 1. The Morgan fingerprint density at radius 2 is 1.94 bits per heavy atom. The zero-order valence-corrected chi connectivity index (χ0v) is 9.42. The minimum atomic E-state index is -0.0947. The molecule has 0 aromatic heterocycles. The van der Waals surface area contributed by atoms with Crippen LogP contribution in [0.15, 0.2) is 24.3 Å². The van der Waals surface area contributed by atoms with E-state index in [0.717, 1.165) is 5.56 Å². The number of hydrogen-bond acceptors (Lipinski definition) is 2. The van der Waals surface area contributed by atoms with Crippen LogP contribution in [0.5, 0.6) is 0 Å². The van der Waals surface area contributed by atoms with Crippen molar-refractivity contribution in [2.45, 2.75) is 18.9 Å². The van der Waals surface area contributed by atoms with Gasteiger partial charge in [0.05, 0.1) is 0 Å². The van der Waals surface area contributed by atoms with Crippen LogP contribution in [0.4, 0.5) is 4.79 Å². The van der Waals surface area contributed by atoms with Crippen molar-refractivity contribution < 1.29 is 4.79 Å². The molecule has 4 heteroatoms. The lowest BCUT2D eigenvalue weighted by atomic mass is 9.79. The SMILES string of the molecule is CC1(c2ccccc2CN)CNC(=O)NC1. The van der Waals surface area contributed by atoms with Gasteiger partial charge in [-0.15, -0.1) is 0 Å². The van der Waals surface area contributed by atoms with Gasteiger partial charge in [-0.2, -0.15) is 0 Å². The molecule has 16 heavy (non-hydrogen) atoms. The highest BCUT2D eigenvalue weighted by Gasteiger charge is 2.32. The van der Waals surface area contributed by atoms with E-state index in [1.165, 1.54) is 5.56 Å². The van der Waals surface area contributed by atoms with Crippen molar-refractivity contribution in [2.24, 2.45) is 5.73 Å². The van der Waals surface area contributed by atoms with Gasteiger partial charge >= 0.3 is 6.03 Å². The highest BCUT2D eigenvalue weighted by molar-refractivity contribution is 5.75. The molecule has 1 fully saturated rings. The summed E-state index contributed by atoms with van der Waals surface area (Å²) in [4.78, 5) is 11.1. The van der Waals surface area contributed by atoms with Crippen molar-refractivity contribution in [2.75, 3.05) is 13.1 Å². The molecule has 2 rings (SSSR count). The van der Waals surface area contributed by atoms with Crippen LogP contribution in [0.2, 0.25) is 0 Å². The Hall–Kier alpha value is -1.55. The van der Waals surface area contributed by atoms with Crippen LogP contribution in [0.3, 0.4) is 0 Å². The Morgan fingerprint density at radius 1 is 1.31 bits per heavy atom. The average molecular weight is 219 g/mol. The molecule has 0 spiro atoms. The molecule has 1 aromatic rings. The van der Waals surface area contributed by atoms with E-state index in [2.05, 4.69) is 23.6 Å². The third kappa shape index (κ3) is 1.88. The fraction of sp³-hybridized carbons (Fsp3) is 0.417. The van der Waals surface area contributed by atoms with E-state index < -0.39 is 0 Å². The quantitative estimate of drug-likeness (QED) is 0.686. The van der Waals surface area contributed by atoms with Gasteiger partial charge in [-0.1, -0.05) is 31.2 Å². The Kier molecular flexibility index (Phi) is 2.83. The van der Waals surface area contributed by atoms with E-state index >= 15 is 0 Å². The molecular formula is C12H17N3O. The minimum Gasteiger partial charge on any atom is -0.337 e. The summed E-state index contributed by atoms with van der Waals surface area (Å²) in [6.45, 7) is 3.96. The lowest BCUT2D eigenvalue weighted by molar-refractivity contribution is 0.225. The van der Waals surface area contributed by atoms with Gasteiger partial charge in [-0.25, -0.2) is 4.79 Å². The predicted molar refractivity (Wildman–Crippen MR) is 63.1 cm³/mol. The van der Waals surface area contributed by atoms with E-state index in [1.54, 1.807) is 0 Å². The molecule has 1 saturated heterocycles. The van der Waals surface area contributed by atoms with Gasteiger partial charge in [0, 0.05) is 25.0 Å². The number of nitrogens with one attached hydrogen (secondary N) is 2. The Morgan fingerprint density at radius 3 is 2.56 bits per heavy atom. The lowest BCUT2D eigenvalue weighted by Gasteiger charge is -2.36. The first-order valence-corrected chi connectivity index (χ1v) is 5.46. The molecule has 1 aliphatic rings. The summed E-state index contributed by atoms with van der Waals surface area (Å²) in [6, 6.07) is 8.03. The topological polar surface area (TPSA) is 67.1 Å². The number of carbonyl (C=O) groups excluding carboxylic acids is 1. The maximum Gasteiger partial charge on any atom is 0.314 e. The number of rotatable bonds is 2. The zero-order valence-electron chi connectivity index (χ0n) is 9.42. The summed E-state index contributed by atoms with van der Waals surface area (Å²) in [6.07, 6.45) is 0. The number of amides is 2. The van der Waals surface area contributed by atoms with Crippen molar-refractivity contribution in [3.8, 4) is 0 Å². The van der Waals surface area contributed by atoms with Crippen molar-refractivity contribution in [1.29, 1.82) is 0 Å².